The van der Waals surface area contributed by atoms with Gasteiger partial charge in [0.15, 0.2) is 0 Å². The van der Waals surface area contributed by atoms with Crippen LogP contribution in [0.1, 0.15) is 38.5 Å². The van der Waals surface area contributed by atoms with Gasteiger partial charge in [0.05, 0.1) is 13.2 Å². The molecule has 0 unspecified atom stereocenters. The van der Waals surface area contributed by atoms with Gasteiger partial charge in [-0.2, -0.15) is 0 Å². The summed E-state index contributed by atoms with van der Waals surface area (Å²) in [6.07, 6.45) is 8.03. The molecule has 19 heavy (non-hydrogen) atoms. The highest BCUT2D eigenvalue weighted by Crippen LogP contribution is 2.30. The van der Waals surface area contributed by atoms with Crippen LogP contribution in [0.4, 0.5) is 0 Å². The van der Waals surface area contributed by atoms with Gasteiger partial charge >= 0.3 is 0 Å². The number of hydrogen-bond donors (Lipinski definition) is 1. The average Bonchev–Trinajstić information content (AvgIpc) is 2.47. The Morgan fingerprint density at radius 1 is 0.947 bits per heavy atom. The molecule has 4 nitrogen and oxygen atoms in total. The maximum absolute atomic E-state index is 5.20. The van der Waals surface area contributed by atoms with Gasteiger partial charge in [-0.25, -0.2) is 0 Å². The van der Waals surface area contributed by atoms with Gasteiger partial charge in [-0.05, 0) is 26.3 Å². The topological polar surface area (TPSA) is 33.7 Å². The number of hydrogen-bond acceptors (Lipinski definition) is 4. The molecule has 4 heteroatoms. The molecular weight excluding hydrogens is 240 g/mol. The summed E-state index contributed by atoms with van der Waals surface area (Å²) < 4.78 is 10.4. The molecule has 1 N–H and O–H groups in total. The van der Waals surface area contributed by atoms with Crippen molar-refractivity contribution < 1.29 is 9.47 Å². The minimum absolute atomic E-state index is 0.372. The van der Waals surface area contributed by atoms with Crippen LogP contribution in [0.5, 0.6) is 0 Å². The summed E-state index contributed by atoms with van der Waals surface area (Å²) in [6.45, 7) is 4.74. The summed E-state index contributed by atoms with van der Waals surface area (Å²) >= 11 is 0. The fourth-order valence-electron chi connectivity index (χ4n) is 3.00. The van der Waals surface area contributed by atoms with Crippen LogP contribution in [0.15, 0.2) is 0 Å². The predicted molar refractivity (Wildman–Crippen MR) is 79.7 cm³/mol. The second kappa shape index (κ2) is 9.70. The molecule has 0 spiro atoms. The van der Waals surface area contributed by atoms with Crippen LogP contribution < -0.4 is 5.32 Å². The maximum Gasteiger partial charge on any atom is 0.0589 e. The second-order valence-corrected chi connectivity index (χ2v) is 5.67. The van der Waals surface area contributed by atoms with Crippen molar-refractivity contribution >= 4 is 0 Å². The van der Waals surface area contributed by atoms with E-state index in [1.807, 2.05) is 0 Å². The Bertz CT molecular complexity index is 210. The molecule has 1 rings (SSSR count). The molecule has 0 amide bonds. The van der Waals surface area contributed by atoms with Crippen LogP contribution in [0.3, 0.4) is 0 Å². The van der Waals surface area contributed by atoms with E-state index in [1.165, 1.54) is 38.5 Å². The molecule has 0 aliphatic heterocycles. The van der Waals surface area contributed by atoms with Crippen LogP contribution >= 0.6 is 0 Å². The Labute approximate surface area is 118 Å². The van der Waals surface area contributed by atoms with Gasteiger partial charge in [0, 0.05) is 39.4 Å². The Balaban J connectivity index is 2.38. The summed E-state index contributed by atoms with van der Waals surface area (Å²) in [6, 6.07) is 0. The highest BCUT2D eigenvalue weighted by molar-refractivity contribution is 4.90. The van der Waals surface area contributed by atoms with Crippen LogP contribution in [-0.2, 0) is 9.47 Å². The molecule has 1 saturated carbocycles. The molecule has 1 aliphatic rings. The van der Waals surface area contributed by atoms with Gasteiger partial charge in [0.1, 0.15) is 0 Å². The van der Waals surface area contributed by atoms with E-state index in [2.05, 4.69) is 17.3 Å². The molecule has 0 heterocycles. The van der Waals surface area contributed by atoms with Crippen LogP contribution in [0.25, 0.3) is 0 Å². The normalized spacial score (nSPS) is 18.9. The Hall–Kier alpha value is -0.160. The molecule has 1 fully saturated rings. The van der Waals surface area contributed by atoms with Gasteiger partial charge in [-0.1, -0.05) is 19.3 Å². The van der Waals surface area contributed by atoms with Gasteiger partial charge in [0.25, 0.3) is 0 Å². The number of rotatable bonds is 10. The summed E-state index contributed by atoms with van der Waals surface area (Å²) in [5.41, 5.74) is 0.372. The number of methoxy groups -OCH3 is 2. The second-order valence-electron chi connectivity index (χ2n) is 5.67. The lowest BCUT2D eigenvalue weighted by Crippen LogP contribution is -2.47. The molecule has 0 aromatic heterocycles. The molecule has 1 aliphatic carbocycles. The number of nitrogens with zero attached hydrogens (tertiary/aromatic N) is 1. The van der Waals surface area contributed by atoms with E-state index in [4.69, 9.17) is 9.47 Å². The fourth-order valence-corrected chi connectivity index (χ4v) is 3.00. The largest absolute Gasteiger partial charge is 0.383 e. The first-order chi connectivity index (χ1) is 9.26. The zero-order valence-electron chi connectivity index (χ0n) is 13.0. The quantitative estimate of drug-likeness (QED) is 0.658. The van der Waals surface area contributed by atoms with E-state index < -0.39 is 0 Å². The standard InChI is InChI=1S/C15H32N2O2/c1-16-15(7-5-4-6-8-15)9-10-17(11-13-18-2)12-14-19-3/h16H,4-14H2,1-3H3. The van der Waals surface area contributed by atoms with Crippen LogP contribution in [0, 0.1) is 0 Å². The van der Waals surface area contributed by atoms with E-state index in [0.29, 0.717) is 5.54 Å². The van der Waals surface area contributed by atoms with Gasteiger partial charge in [0.2, 0.25) is 0 Å². The molecule has 0 aromatic rings. The van der Waals surface area contributed by atoms with E-state index in [0.717, 1.165) is 32.8 Å². The molecule has 114 valence electrons. The molecular formula is C15H32N2O2. The van der Waals surface area contributed by atoms with Crippen molar-refractivity contribution in [1.82, 2.24) is 10.2 Å². The Kier molecular flexibility index (Phi) is 8.62. The zero-order chi connectivity index (χ0) is 14.0. The van der Waals surface area contributed by atoms with E-state index >= 15 is 0 Å². The van der Waals surface area contributed by atoms with Crippen molar-refractivity contribution in [2.24, 2.45) is 0 Å². The Morgan fingerprint density at radius 2 is 1.53 bits per heavy atom. The lowest BCUT2D eigenvalue weighted by molar-refractivity contribution is 0.102. The van der Waals surface area contributed by atoms with Crippen molar-refractivity contribution in [3.05, 3.63) is 0 Å². The van der Waals surface area contributed by atoms with E-state index in [1.54, 1.807) is 14.2 Å². The van der Waals surface area contributed by atoms with Crippen molar-refractivity contribution in [3.63, 3.8) is 0 Å². The van der Waals surface area contributed by atoms with Crippen LogP contribution in [-0.4, -0.2) is 64.6 Å². The zero-order valence-corrected chi connectivity index (χ0v) is 13.0. The summed E-state index contributed by atoms with van der Waals surface area (Å²) in [7, 11) is 5.66. The third-order valence-electron chi connectivity index (χ3n) is 4.47. The Morgan fingerprint density at radius 3 is 2.00 bits per heavy atom. The van der Waals surface area contributed by atoms with Crippen molar-refractivity contribution in [2.75, 3.05) is 54.1 Å². The van der Waals surface area contributed by atoms with Crippen LogP contribution in [0.2, 0.25) is 0 Å². The van der Waals surface area contributed by atoms with Gasteiger partial charge < -0.3 is 14.8 Å². The molecule has 0 bridgehead atoms. The van der Waals surface area contributed by atoms with Crippen molar-refractivity contribution in [2.45, 2.75) is 44.1 Å². The lowest BCUT2D eigenvalue weighted by atomic mass is 9.79. The third-order valence-corrected chi connectivity index (χ3v) is 4.47. The third kappa shape index (κ3) is 6.21. The monoisotopic (exact) mass is 272 g/mol. The lowest BCUT2D eigenvalue weighted by Gasteiger charge is -2.39. The van der Waals surface area contributed by atoms with Crippen molar-refractivity contribution in [1.29, 1.82) is 0 Å². The predicted octanol–water partition coefficient (Wildman–Crippen LogP) is 1.89. The van der Waals surface area contributed by atoms with Gasteiger partial charge in [-0.3, -0.25) is 4.90 Å². The molecule has 0 saturated heterocycles. The average molecular weight is 272 g/mol. The van der Waals surface area contributed by atoms with E-state index in [9.17, 15) is 0 Å². The maximum atomic E-state index is 5.20. The molecule has 0 atom stereocenters. The van der Waals surface area contributed by atoms with E-state index in [-0.39, 0.29) is 0 Å². The fraction of sp³-hybridized carbons (Fsp3) is 1.00. The molecule has 0 radical (unpaired) electrons. The minimum atomic E-state index is 0.372. The summed E-state index contributed by atoms with van der Waals surface area (Å²) in [5, 5.41) is 3.60. The van der Waals surface area contributed by atoms with Crippen molar-refractivity contribution in [3.8, 4) is 0 Å². The first kappa shape index (κ1) is 16.9. The smallest absolute Gasteiger partial charge is 0.0589 e. The highest BCUT2D eigenvalue weighted by atomic mass is 16.5. The number of ether oxygens (including phenoxy) is 2. The first-order valence-corrected chi connectivity index (χ1v) is 7.65. The minimum Gasteiger partial charge on any atom is -0.383 e. The highest BCUT2D eigenvalue weighted by Gasteiger charge is 2.30. The van der Waals surface area contributed by atoms with Gasteiger partial charge in [-0.15, -0.1) is 0 Å². The SMILES string of the molecule is CNC1(CCN(CCOC)CCOC)CCCCC1. The number of nitrogens with one attached hydrogen (secondary N) is 1. The molecule has 0 aromatic carbocycles. The summed E-state index contributed by atoms with van der Waals surface area (Å²) in [4.78, 5) is 2.46. The first-order valence-electron chi connectivity index (χ1n) is 7.65. The summed E-state index contributed by atoms with van der Waals surface area (Å²) in [5.74, 6) is 0.